The van der Waals surface area contributed by atoms with Crippen LogP contribution < -0.4 is 0 Å². The lowest BCUT2D eigenvalue weighted by Crippen LogP contribution is -2.39. The molecule has 0 aliphatic carbocycles. The van der Waals surface area contributed by atoms with Gasteiger partial charge in [0, 0.05) is 31.4 Å². The Morgan fingerprint density at radius 1 is 1.35 bits per heavy atom. The van der Waals surface area contributed by atoms with Crippen LogP contribution in [0.5, 0.6) is 0 Å². The van der Waals surface area contributed by atoms with Crippen molar-refractivity contribution in [2.75, 3.05) is 6.54 Å². The van der Waals surface area contributed by atoms with Crippen LogP contribution in [0.3, 0.4) is 0 Å². The van der Waals surface area contributed by atoms with Gasteiger partial charge in [-0.1, -0.05) is 6.07 Å². The van der Waals surface area contributed by atoms with Crippen LogP contribution in [0.1, 0.15) is 36.4 Å². The fourth-order valence-corrected chi connectivity index (χ4v) is 3.12. The molecule has 1 aromatic carbocycles. The summed E-state index contributed by atoms with van der Waals surface area (Å²) in [5.74, 6) is -1.44. The van der Waals surface area contributed by atoms with E-state index in [0.29, 0.717) is 6.54 Å². The highest BCUT2D eigenvalue weighted by molar-refractivity contribution is 5.79. The molecular weight excluding hydrogens is 300 g/mol. The monoisotopic (exact) mass is 319 g/mol. The third-order valence-electron chi connectivity index (χ3n) is 4.29. The van der Waals surface area contributed by atoms with Crippen LogP contribution in [0, 0.1) is 11.6 Å². The van der Waals surface area contributed by atoms with Gasteiger partial charge in [-0.05, 0) is 30.9 Å². The predicted octanol–water partition coefficient (Wildman–Crippen LogP) is 2.99. The normalized spacial score (nSPS) is 18.2. The number of piperidine rings is 1. The highest BCUT2D eigenvalue weighted by atomic mass is 19.1. The third-order valence-corrected chi connectivity index (χ3v) is 4.29. The maximum absolute atomic E-state index is 13.8. The van der Waals surface area contributed by atoms with Gasteiger partial charge in [-0.2, -0.15) is 5.10 Å². The Bertz CT molecular complexity index is 714. The molecule has 6 heteroatoms. The standard InChI is InChI=1S/C17H19F2N3O/c1-21-11-13(10-20-21)16-4-2-3-7-22(16)17(23)8-12-5-6-14(18)9-15(12)19/h5-6,9-11,16H,2-4,7-8H2,1H3/t16-/m0/s1. The van der Waals surface area contributed by atoms with Gasteiger partial charge < -0.3 is 4.90 Å². The Balaban J connectivity index is 1.78. The van der Waals surface area contributed by atoms with Gasteiger partial charge in [0.2, 0.25) is 5.91 Å². The molecule has 122 valence electrons. The molecule has 0 saturated carbocycles. The first-order chi connectivity index (χ1) is 11.0. The van der Waals surface area contributed by atoms with Crippen molar-refractivity contribution in [1.29, 1.82) is 0 Å². The molecule has 1 atom stereocenters. The lowest BCUT2D eigenvalue weighted by atomic mass is 9.96. The highest BCUT2D eigenvalue weighted by Crippen LogP contribution is 2.31. The number of carbonyl (C=O) groups excluding carboxylic acids is 1. The summed E-state index contributed by atoms with van der Waals surface area (Å²) in [6.45, 7) is 0.654. The lowest BCUT2D eigenvalue weighted by molar-refractivity contribution is -0.134. The summed E-state index contributed by atoms with van der Waals surface area (Å²) in [7, 11) is 1.84. The number of aryl methyl sites for hydroxylation is 1. The van der Waals surface area contributed by atoms with E-state index in [4.69, 9.17) is 0 Å². The van der Waals surface area contributed by atoms with Crippen LogP contribution in [0.25, 0.3) is 0 Å². The minimum absolute atomic E-state index is 0.0199. The first-order valence-electron chi connectivity index (χ1n) is 7.76. The molecule has 0 radical (unpaired) electrons. The van der Waals surface area contributed by atoms with Crippen LogP contribution in [-0.4, -0.2) is 27.1 Å². The second kappa shape index (κ2) is 6.48. The molecule has 1 aliphatic rings. The molecule has 0 bridgehead atoms. The van der Waals surface area contributed by atoms with Crippen molar-refractivity contribution in [3.8, 4) is 0 Å². The van der Waals surface area contributed by atoms with Crippen molar-refractivity contribution in [2.45, 2.75) is 31.7 Å². The van der Waals surface area contributed by atoms with E-state index in [2.05, 4.69) is 5.10 Å². The molecular formula is C17H19F2N3O. The minimum atomic E-state index is -0.673. The van der Waals surface area contributed by atoms with Gasteiger partial charge in [0.05, 0.1) is 18.7 Å². The fourth-order valence-electron chi connectivity index (χ4n) is 3.12. The molecule has 0 spiro atoms. The summed E-state index contributed by atoms with van der Waals surface area (Å²) >= 11 is 0. The number of nitrogens with zero attached hydrogens (tertiary/aromatic N) is 3. The summed E-state index contributed by atoms with van der Waals surface area (Å²) in [5, 5.41) is 4.17. The molecule has 1 fully saturated rings. The third kappa shape index (κ3) is 3.41. The Hall–Kier alpha value is -2.24. The number of rotatable bonds is 3. The van der Waals surface area contributed by atoms with Crippen molar-refractivity contribution >= 4 is 5.91 Å². The van der Waals surface area contributed by atoms with E-state index in [9.17, 15) is 13.6 Å². The quantitative estimate of drug-likeness (QED) is 0.872. The number of amides is 1. The average molecular weight is 319 g/mol. The van der Waals surface area contributed by atoms with Gasteiger partial charge in [0.25, 0.3) is 0 Å². The average Bonchev–Trinajstić information content (AvgIpc) is 2.96. The van der Waals surface area contributed by atoms with E-state index in [1.54, 1.807) is 15.8 Å². The Morgan fingerprint density at radius 3 is 2.87 bits per heavy atom. The van der Waals surface area contributed by atoms with Gasteiger partial charge in [0.1, 0.15) is 11.6 Å². The number of likely N-dealkylation sites (tertiary alicyclic amines) is 1. The zero-order chi connectivity index (χ0) is 16.4. The molecule has 1 aromatic heterocycles. The van der Waals surface area contributed by atoms with E-state index in [1.807, 2.05) is 13.2 Å². The molecule has 0 N–H and O–H groups in total. The Kier molecular flexibility index (Phi) is 4.41. The first kappa shape index (κ1) is 15.6. The van der Waals surface area contributed by atoms with Crippen LogP contribution in [0.4, 0.5) is 8.78 Å². The second-order valence-corrected chi connectivity index (χ2v) is 5.96. The molecule has 23 heavy (non-hydrogen) atoms. The lowest BCUT2D eigenvalue weighted by Gasteiger charge is -2.35. The SMILES string of the molecule is Cn1cc([C@@H]2CCCCN2C(=O)Cc2ccc(F)cc2F)cn1. The van der Waals surface area contributed by atoms with Gasteiger partial charge in [0.15, 0.2) is 0 Å². The van der Waals surface area contributed by atoms with Gasteiger partial charge in [-0.3, -0.25) is 9.48 Å². The van der Waals surface area contributed by atoms with Crippen molar-refractivity contribution in [3.05, 3.63) is 53.4 Å². The number of hydrogen-bond donors (Lipinski definition) is 0. The smallest absolute Gasteiger partial charge is 0.227 e. The van der Waals surface area contributed by atoms with Gasteiger partial charge in [-0.15, -0.1) is 0 Å². The highest BCUT2D eigenvalue weighted by Gasteiger charge is 2.29. The second-order valence-electron chi connectivity index (χ2n) is 5.96. The van der Waals surface area contributed by atoms with Crippen LogP contribution in [0.15, 0.2) is 30.6 Å². The van der Waals surface area contributed by atoms with E-state index >= 15 is 0 Å². The van der Waals surface area contributed by atoms with E-state index in [1.165, 1.54) is 12.1 Å². The topological polar surface area (TPSA) is 38.1 Å². The maximum Gasteiger partial charge on any atom is 0.227 e. The maximum atomic E-state index is 13.8. The van der Waals surface area contributed by atoms with Crippen LogP contribution in [0.2, 0.25) is 0 Å². The van der Waals surface area contributed by atoms with Crippen molar-refractivity contribution in [1.82, 2.24) is 14.7 Å². The molecule has 1 amide bonds. The summed E-state index contributed by atoms with van der Waals surface area (Å²) < 4.78 is 28.5. The van der Waals surface area contributed by atoms with Crippen molar-refractivity contribution < 1.29 is 13.6 Å². The summed E-state index contributed by atoms with van der Waals surface area (Å²) in [4.78, 5) is 14.4. The Morgan fingerprint density at radius 2 is 2.17 bits per heavy atom. The molecule has 2 heterocycles. The van der Waals surface area contributed by atoms with Crippen LogP contribution >= 0.6 is 0 Å². The predicted molar refractivity (Wildman–Crippen MR) is 81.6 cm³/mol. The molecule has 0 unspecified atom stereocenters. The van der Waals surface area contributed by atoms with E-state index < -0.39 is 11.6 Å². The number of aromatic nitrogens is 2. The summed E-state index contributed by atoms with van der Waals surface area (Å²) in [6, 6.07) is 3.32. The van der Waals surface area contributed by atoms with E-state index in [0.717, 1.165) is 30.9 Å². The largest absolute Gasteiger partial charge is 0.335 e. The van der Waals surface area contributed by atoms with E-state index in [-0.39, 0.29) is 23.9 Å². The molecule has 2 aromatic rings. The van der Waals surface area contributed by atoms with Crippen LogP contribution in [-0.2, 0) is 18.3 Å². The summed E-state index contributed by atoms with van der Waals surface area (Å²) in [6.07, 6.45) is 6.50. The molecule has 1 saturated heterocycles. The first-order valence-corrected chi connectivity index (χ1v) is 7.76. The van der Waals surface area contributed by atoms with Crippen molar-refractivity contribution in [3.63, 3.8) is 0 Å². The molecule has 1 aliphatic heterocycles. The van der Waals surface area contributed by atoms with Gasteiger partial charge >= 0.3 is 0 Å². The zero-order valence-corrected chi connectivity index (χ0v) is 13.0. The number of carbonyl (C=O) groups is 1. The Labute approximate surface area is 133 Å². The zero-order valence-electron chi connectivity index (χ0n) is 13.0. The van der Waals surface area contributed by atoms with Crippen molar-refractivity contribution in [2.24, 2.45) is 7.05 Å². The molecule has 4 nitrogen and oxygen atoms in total. The fraction of sp³-hybridized carbons (Fsp3) is 0.412. The number of halogens is 2. The number of benzene rings is 1. The number of hydrogen-bond acceptors (Lipinski definition) is 2. The minimum Gasteiger partial charge on any atom is -0.335 e. The molecule has 3 rings (SSSR count). The van der Waals surface area contributed by atoms with Gasteiger partial charge in [-0.25, -0.2) is 8.78 Å². The summed E-state index contributed by atoms with van der Waals surface area (Å²) in [5.41, 5.74) is 1.23.